The molecule has 1 aromatic rings. The fraction of sp³-hybridized carbons (Fsp3) is 0.529. The van der Waals surface area contributed by atoms with Crippen LogP contribution in [0.5, 0.6) is 0 Å². The Kier molecular flexibility index (Phi) is 2.90. The first-order valence-corrected chi connectivity index (χ1v) is 8.86. The van der Waals surface area contributed by atoms with Gasteiger partial charge in [0.05, 0.1) is 5.60 Å². The summed E-state index contributed by atoms with van der Waals surface area (Å²) in [5.41, 5.74) is 2.85. The first-order valence-electron chi connectivity index (χ1n) is 7.58. The minimum atomic E-state index is -0.763. The van der Waals surface area contributed by atoms with Gasteiger partial charge < -0.3 is 5.11 Å². The zero-order valence-corrected chi connectivity index (χ0v) is 12.4. The molecular formula is C17H20O2S. The quantitative estimate of drug-likeness (QED) is 0.863. The van der Waals surface area contributed by atoms with Crippen LogP contribution >= 0.6 is 0 Å². The predicted octanol–water partition coefficient (Wildman–Crippen LogP) is 2.91. The molecule has 0 radical (unpaired) electrons. The second-order valence-electron chi connectivity index (χ2n) is 6.42. The van der Waals surface area contributed by atoms with E-state index in [1.807, 2.05) is 6.07 Å². The Balaban J connectivity index is 1.75. The Bertz CT molecular complexity index is 589. The van der Waals surface area contributed by atoms with Gasteiger partial charge in [-0.05, 0) is 48.8 Å². The molecule has 4 rings (SSSR count). The summed E-state index contributed by atoms with van der Waals surface area (Å²) in [5, 5.41) is 11.7. The van der Waals surface area contributed by atoms with Crippen LogP contribution in [0.2, 0.25) is 0 Å². The fourth-order valence-electron chi connectivity index (χ4n) is 4.23. The maximum Gasteiger partial charge on any atom is 0.0922 e. The molecule has 0 aromatic heterocycles. The Morgan fingerprint density at radius 3 is 2.70 bits per heavy atom. The summed E-state index contributed by atoms with van der Waals surface area (Å²) in [5.74, 6) is 0. The molecule has 0 saturated carbocycles. The van der Waals surface area contributed by atoms with Crippen LogP contribution in [-0.4, -0.2) is 19.8 Å². The van der Waals surface area contributed by atoms with Gasteiger partial charge in [0.15, 0.2) is 0 Å². The molecule has 3 aliphatic rings. The van der Waals surface area contributed by atoms with Crippen molar-refractivity contribution in [2.45, 2.75) is 54.6 Å². The van der Waals surface area contributed by atoms with Gasteiger partial charge in [-0.15, -0.1) is 0 Å². The number of hydrogen-bond donors (Lipinski definition) is 1. The topological polar surface area (TPSA) is 37.3 Å². The highest BCUT2D eigenvalue weighted by atomic mass is 32.2. The van der Waals surface area contributed by atoms with Crippen molar-refractivity contribution in [3.63, 3.8) is 0 Å². The number of rotatable bonds is 1. The molecule has 2 aliphatic heterocycles. The van der Waals surface area contributed by atoms with Crippen molar-refractivity contribution in [1.29, 1.82) is 0 Å². The minimum Gasteiger partial charge on any atom is -0.385 e. The molecule has 0 amide bonds. The molecule has 2 unspecified atom stereocenters. The van der Waals surface area contributed by atoms with E-state index in [0.29, 0.717) is 12.8 Å². The zero-order valence-electron chi connectivity index (χ0n) is 11.5. The Labute approximate surface area is 122 Å². The average molecular weight is 288 g/mol. The molecule has 2 heterocycles. The van der Waals surface area contributed by atoms with Crippen LogP contribution in [0.25, 0.3) is 6.08 Å². The third kappa shape index (κ3) is 1.83. The van der Waals surface area contributed by atoms with Crippen LogP contribution in [-0.2, 0) is 22.8 Å². The smallest absolute Gasteiger partial charge is 0.0922 e. The highest BCUT2D eigenvalue weighted by Crippen LogP contribution is 2.46. The zero-order chi connectivity index (χ0) is 13.7. The average Bonchev–Trinajstić information content (AvgIpc) is 2.89. The number of fused-ring (bicyclic) bond motifs is 3. The highest BCUT2D eigenvalue weighted by Gasteiger charge is 2.47. The van der Waals surface area contributed by atoms with Gasteiger partial charge in [-0.3, -0.25) is 4.21 Å². The van der Waals surface area contributed by atoms with E-state index in [2.05, 4.69) is 24.3 Å². The Hall–Kier alpha value is -0.930. The normalized spacial score (nSPS) is 38.8. The lowest BCUT2D eigenvalue weighted by Gasteiger charge is -2.44. The first-order chi connectivity index (χ1) is 9.67. The van der Waals surface area contributed by atoms with Crippen molar-refractivity contribution >= 4 is 16.9 Å². The van der Waals surface area contributed by atoms with Crippen molar-refractivity contribution in [3.8, 4) is 0 Å². The van der Waals surface area contributed by atoms with E-state index in [1.54, 1.807) is 0 Å². The second kappa shape index (κ2) is 4.54. The molecule has 1 aliphatic carbocycles. The van der Waals surface area contributed by atoms with Crippen LogP contribution in [0.1, 0.15) is 48.8 Å². The van der Waals surface area contributed by atoms with E-state index in [-0.39, 0.29) is 10.5 Å². The number of hydrogen-bond acceptors (Lipinski definition) is 2. The summed E-state index contributed by atoms with van der Waals surface area (Å²) in [7, 11) is -0.730. The molecule has 2 fully saturated rings. The summed E-state index contributed by atoms with van der Waals surface area (Å²) in [6.45, 7) is 0. The van der Waals surface area contributed by atoms with E-state index >= 15 is 0 Å². The summed E-state index contributed by atoms with van der Waals surface area (Å²) < 4.78 is 12.3. The summed E-state index contributed by atoms with van der Waals surface area (Å²) in [6, 6.07) is 6.24. The van der Waals surface area contributed by atoms with E-state index in [9.17, 15) is 9.32 Å². The largest absolute Gasteiger partial charge is 0.385 e. The second-order valence-corrected chi connectivity index (χ2v) is 8.41. The molecule has 3 heteroatoms. The molecule has 1 N–H and O–H groups in total. The monoisotopic (exact) mass is 288 g/mol. The van der Waals surface area contributed by atoms with Gasteiger partial charge in [0.1, 0.15) is 0 Å². The maximum absolute atomic E-state index is 12.3. The summed E-state index contributed by atoms with van der Waals surface area (Å²) in [4.78, 5) is 0. The van der Waals surface area contributed by atoms with E-state index in [0.717, 1.165) is 24.8 Å². The lowest BCUT2D eigenvalue weighted by molar-refractivity contribution is 0.00586. The molecule has 2 atom stereocenters. The van der Waals surface area contributed by atoms with Crippen LogP contribution in [0, 0.1) is 0 Å². The third-order valence-electron chi connectivity index (χ3n) is 5.17. The molecular weight excluding hydrogens is 268 g/mol. The molecule has 2 nitrogen and oxygen atoms in total. The summed E-state index contributed by atoms with van der Waals surface area (Å²) in [6.07, 6.45) is 9.78. The lowest BCUT2D eigenvalue weighted by atomic mass is 9.78. The van der Waals surface area contributed by atoms with Gasteiger partial charge in [0.25, 0.3) is 0 Å². The van der Waals surface area contributed by atoms with E-state index in [4.69, 9.17) is 0 Å². The maximum atomic E-state index is 12.3. The van der Waals surface area contributed by atoms with Crippen LogP contribution in [0.4, 0.5) is 0 Å². The van der Waals surface area contributed by atoms with E-state index in [1.165, 1.54) is 17.5 Å². The minimum absolute atomic E-state index is 0.192. The number of allylic oxidation sites excluding steroid dienone is 1. The molecule has 20 heavy (non-hydrogen) atoms. The van der Waals surface area contributed by atoms with Gasteiger partial charge in [0, 0.05) is 21.3 Å². The molecule has 2 saturated heterocycles. The SMILES string of the molecule is O=S1C2CCCC1CC(O)(c1cccc3c1CC=C3)C2. The predicted molar refractivity (Wildman–Crippen MR) is 81.9 cm³/mol. The van der Waals surface area contributed by atoms with Crippen molar-refractivity contribution in [1.82, 2.24) is 0 Å². The standard InChI is InChI=1S/C17H20O2S/c18-17(10-13-6-3-7-14(11-17)20(13)19)16-9-2-5-12-4-1-8-15(12)16/h1-2,4-5,9,13-14,18H,3,6-8,10-11H2. The first kappa shape index (κ1) is 12.8. The van der Waals surface area contributed by atoms with E-state index < -0.39 is 16.4 Å². The number of benzene rings is 1. The van der Waals surface area contributed by atoms with Crippen molar-refractivity contribution in [2.75, 3.05) is 0 Å². The Morgan fingerprint density at radius 1 is 1.20 bits per heavy atom. The highest BCUT2D eigenvalue weighted by molar-refractivity contribution is 7.86. The molecule has 2 bridgehead atoms. The van der Waals surface area contributed by atoms with Gasteiger partial charge >= 0.3 is 0 Å². The van der Waals surface area contributed by atoms with Gasteiger partial charge in [0.2, 0.25) is 0 Å². The lowest BCUT2D eigenvalue weighted by Crippen LogP contribution is -2.47. The van der Waals surface area contributed by atoms with Gasteiger partial charge in [-0.1, -0.05) is 36.8 Å². The van der Waals surface area contributed by atoms with Gasteiger partial charge in [-0.25, -0.2) is 0 Å². The third-order valence-corrected chi connectivity index (χ3v) is 7.29. The Morgan fingerprint density at radius 2 is 1.95 bits per heavy atom. The number of aliphatic hydroxyl groups is 1. The molecule has 0 spiro atoms. The summed E-state index contributed by atoms with van der Waals surface area (Å²) >= 11 is 0. The fourth-order valence-corrected chi connectivity index (χ4v) is 6.45. The van der Waals surface area contributed by atoms with Crippen molar-refractivity contribution < 1.29 is 9.32 Å². The van der Waals surface area contributed by atoms with Gasteiger partial charge in [-0.2, -0.15) is 0 Å². The van der Waals surface area contributed by atoms with Crippen LogP contribution in [0.15, 0.2) is 24.3 Å². The molecule has 106 valence electrons. The van der Waals surface area contributed by atoms with Crippen molar-refractivity contribution in [2.24, 2.45) is 0 Å². The molecule has 1 aromatic carbocycles. The van der Waals surface area contributed by atoms with Crippen LogP contribution < -0.4 is 0 Å². The van der Waals surface area contributed by atoms with Crippen LogP contribution in [0.3, 0.4) is 0 Å². The van der Waals surface area contributed by atoms with Crippen molar-refractivity contribution in [3.05, 3.63) is 41.0 Å².